The molecule has 18 heavy (non-hydrogen) atoms. The highest BCUT2D eigenvalue weighted by Crippen LogP contribution is 2.25. The molecule has 2 aliphatic rings. The molecule has 0 saturated carbocycles. The summed E-state index contributed by atoms with van der Waals surface area (Å²) in [5.74, 6) is 1.21. The monoisotopic (exact) mass is 290 g/mol. The molecule has 0 bridgehead atoms. The summed E-state index contributed by atoms with van der Waals surface area (Å²) in [7, 11) is 0. The van der Waals surface area contributed by atoms with Gasteiger partial charge in [0.1, 0.15) is 6.04 Å². The van der Waals surface area contributed by atoms with Gasteiger partial charge in [-0.25, -0.2) is 9.59 Å². The molecule has 2 atom stereocenters. The third-order valence-electron chi connectivity index (χ3n) is 3.18. The Morgan fingerprint density at radius 1 is 1.39 bits per heavy atom. The summed E-state index contributed by atoms with van der Waals surface area (Å²) in [5, 5.41) is 12.4. The summed E-state index contributed by atoms with van der Waals surface area (Å²) < 4.78 is 0. The number of rotatable bonds is 3. The predicted molar refractivity (Wildman–Crippen MR) is 74.1 cm³/mol. The number of carbonyl (C=O) groups excluding carboxylic acids is 1. The van der Waals surface area contributed by atoms with Gasteiger partial charge in [0.05, 0.1) is 5.88 Å². The van der Waals surface area contributed by atoms with Crippen molar-refractivity contribution in [3.8, 4) is 0 Å². The molecule has 0 aliphatic carbocycles. The molecule has 102 valence electrons. The van der Waals surface area contributed by atoms with E-state index in [0.717, 1.165) is 12.2 Å². The van der Waals surface area contributed by atoms with Crippen molar-refractivity contribution in [2.45, 2.75) is 30.6 Å². The number of aliphatic carboxylic acids is 1. The van der Waals surface area contributed by atoms with Crippen molar-refractivity contribution < 1.29 is 14.7 Å². The van der Waals surface area contributed by atoms with Crippen molar-refractivity contribution in [1.29, 1.82) is 0 Å². The molecule has 0 spiro atoms. The van der Waals surface area contributed by atoms with Crippen LogP contribution in [0.5, 0.6) is 0 Å². The number of amides is 2. The van der Waals surface area contributed by atoms with Gasteiger partial charge < -0.3 is 15.3 Å². The van der Waals surface area contributed by atoms with Gasteiger partial charge in [-0.2, -0.15) is 11.8 Å². The first-order valence-corrected chi connectivity index (χ1v) is 8.35. The summed E-state index contributed by atoms with van der Waals surface area (Å²) >= 11 is 3.39. The molecule has 2 unspecified atom stereocenters. The number of hydrogen-bond acceptors (Lipinski definition) is 4. The van der Waals surface area contributed by atoms with Crippen molar-refractivity contribution >= 4 is 35.5 Å². The minimum atomic E-state index is -0.915. The fourth-order valence-electron chi connectivity index (χ4n) is 2.12. The van der Waals surface area contributed by atoms with Crippen LogP contribution in [0.15, 0.2) is 0 Å². The smallest absolute Gasteiger partial charge is 0.327 e. The standard InChI is InChI=1S/C11H18N2O3S2/c14-10(15)9-6-17-7-13(9)11(16)12-5-8-3-1-2-4-18-8/h8-9H,1-7H2,(H,12,16)(H,14,15). The van der Waals surface area contributed by atoms with Gasteiger partial charge >= 0.3 is 12.0 Å². The second-order valence-corrected chi connectivity index (χ2v) is 6.91. The largest absolute Gasteiger partial charge is 0.480 e. The number of thioether (sulfide) groups is 2. The molecular formula is C11H18N2O3S2. The number of carbonyl (C=O) groups is 2. The molecule has 0 aromatic carbocycles. The minimum Gasteiger partial charge on any atom is -0.480 e. The van der Waals surface area contributed by atoms with E-state index in [2.05, 4.69) is 5.32 Å². The molecule has 0 aromatic rings. The number of carboxylic acid groups (broad SMARTS) is 1. The molecule has 0 radical (unpaired) electrons. The van der Waals surface area contributed by atoms with Crippen LogP contribution in [-0.4, -0.2) is 57.2 Å². The lowest BCUT2D eigenvalue weighted by molar-refractivity contribution is -0.140. The highest BCUT2D eigenvalue weighted by molar-refractivity contribution is 8.00. The number of nitrogens with one attached hydrogen (secondary N) is 1. The van der Waals surface area contributed by atoms with E-state index in [1.807, 2.05) is 11.8 Å². The van der Waals surface area contributed by atoms with E-state index < -0.39 is 12.0 Å². The zero-order chi connectivity index (χ0) is 13.0. The highest BCUT2D eigenvalue weighted by Gasteiger charge is 2.34. The topological polar surface area (TPSA) is 69.6 Å². The van der Waals surface area contributed by atoms with Crippen LogP contribution in [0, 0.1) is 0 Å². The third kappa shape index (κ3) is 3.47. The quantitative estimate of drug-likeness (QED) is 0.823. The molecule has 7 heteroatoms. The Hall–Kier alpha value is -0.560. The van der Waals surface area contributed by atoms with Crippen LogP contribution in [-0.2, 0) is 4.79 Å². The van der Waals surface area contributed by atoms with E-state index in [9.17, 15) is 9.59 Å². The lowest BCUT2D eigenvalue weighted by atomic mass is 10.2. The second-order valence-electron chi connectivity index (χ2n) is 4.50. The molecule has 2 saturated heterocycles. The van der Waals surface area contributed by atoms with Crippen LogP contribution in [0.3, 0.4) is 0 Å². The van der Waals surface area contributed by atoms with Gasteiger partial charge in [-0.3, -0.25) is 0 Å². The average Bonchev–Trinajstić information content (AvgIpc) is 2.86. The zero-order valence-electron chi connectivity index (χ0n) is 10.1. The van der Waals surface area contributed by atoms with Gasteiger partial charge in [0.2, 0.25) is 0 Å². The van der Waals surface area contributed by atoms with E-state index in [1.165, 1.54) is 29.5 Å². The van der Waals surface area contributed by atoms with Crippen LogP contribution in [0.1, 0.15) is 19.3 Å². The first kappa shape index (κ1) is 13.9. The number of hydrogen-bond donors (Lipinski definition) is 2. The van der Waals surface area contributed by atoms with Crippen molar-refractivity contribution in [3.05, 3.63) is 0 Å². The third-order valence-corrected chi connectivity index (χ3v) is 5.59. The fraction of sp³-hybridized carbons (Fsp3) is 0.818. The Labute approximate surface area is 115 Å². The Balaban J connectivity index is 1.78. The highest BCUT2D eigenvalue weighted by atomic mass is 32.2. The number of nitrogens with zero attached hydrogens (tertiary/aromatic N) is 1. The van der Waals surface area contributed by atoms with Crippen LogP contribution in [0.2, 0.25) is 0 Å². The van der Waals surface area contributed by atoms with Gasteiger partial charge in [0, 0.05) is 17.5 Å². The van der Waals surface area contributed by atoms with Crippen LogP contribution < -0.4 is 5.32 Å². The van der Waals surface area contributed by atoms with E-state index in [4.69, 9.17) is 5.11 Å². The summed E-state index contributed by atoms with van der Waals surface area (Å²) in [4.78, 5) is 24.3. The number of carboxylic acids is 1. The molecule has 5 nitrogen and oxygen atoms in total. The number of urea groups is 1. The Morgan fingerprint density at radius 2 is 2.22 bits per heavy atom. The van der Waals surface area contributed by atoms with E-state index in [-0.39, 0.29) is 6.03 Å². The van der Waals surface area contributed by atoms with E-state index in [1.54, 1.807) is 0 Å². The summed E-state index contributed by atoms with van der Waals surface area (Å²) in [6.07, 6.45) is 3.63. The molecule has 2 amide bonds. The average molecular weight is 290 g/mol. The zero-order valence-corrected chi connectivity index (χ0v) is 11.8. The molecule has 0 aromatic heterocycles. The Bertz CT molecular complexity index is 321. The van der Waals surface area contributed by atoms with Crippen molar-refractivity contribution in [1.82, 2.24) is 10.2 Å². The molecule has 2 N–H and O–H groups in total. The maximum atomic E-state index is 11.9. The van der Waals surface area contributed by atoms with Crippen LogP contribution in [0.4, 0.5) is 4.79 Å². The molecular weight excluding hydrogens is 272 g/mol. The van der Waals surface area contributed by atoms with Crippen molar-refractivity contribution in [2.24, 2.45) is 0 Å². The maximum Gasteiger partial charge on any atom is 0.327 e. The van der Waals surface area contributed by atoms with Crippen LogP contribution >= 0.6 is 23.5 Å². The van der Waals surface area contributed by atoms with Crippen molar-refractivity contribution in [3.63, 3.8) is 0 Å². The predicted octanol–water partition coefficient (Wildman–Crippen LogP) is 1.44. The first-order valence-electron chi connectivity index (χ1n) is 6.15. The fourth-order valence-corrected chi connectivity index (χ4v) is 4.50. The van der Waals surface area contributed by atoms with Gasteiger partial charge in [-0.1, -0.05) is 6.42 Å². The Kier molecular flexibility index (Phi) is 5.05. The van der Waals surface area contributed by atoms with Gasteiger partial charge in [0.15, 0.2) is 0 Å². The normalized spacial score (nSPS) is 28.1. The van der Waals surface area contributed by atoms with E-state index >= 15 is 0 Å². The molecule has 2 aliphatic heterocycles. The SMILES string of the molecule is O=C(O)C1CSCN1C(=O)NCC1CCCCS1. The first-order chi connectivity index (χ1) is 8.68. The summed E-state index contributed by atoms with van der Waals surface area (Å²) in [6, 6.07) is -0.910. The lowest BCUT2D eigenvalue weighted by Crippen LogP contribution is -2.48. The molecule has 2 fully saturated rings. The maximum absolute atomic E-state index is 11.9. The Morgan fingerprint density at radius 3 is 2.89 bits per heavy atom. The van der Waals surface area contributed by atoms with E-state index in [0.29, 0.717) is 23.4 Å². The molecule has 2 rings (SSSR count). The van der Waals surface area contributed by atoms with Crippen LogP contribution in [0.25, 0.3) is 0 Å². The second kappa shape index (κ2) is 6.56. The van der Waals surface area contributed by atoms with Gasteiger partial charge in [-0.05, 0) is 18.6 Å². The van der Waals surface area contributed by atoms with Gasteiger partial charge in [-0.15, -0.1) is 11.8 Å². The summed E-state index contributed by atoms with van der Waals surface area (Å²) in [5.41, 5.74) is 0. The summed E-state index contributed by atoms with van der Waals surface area (Å²) in [6.45, 7) is 0.650. The molecule has 2 heterocycles. The minimum absolute atomic E-state index is 0.237. The lowest BCUT2D eigenvalue weighted by Gasteiger charge is -2.25. The van der Waals surface area contributed by atoms with Gasteiger partial charge in [0.25, 0.3) is 0 Å². The van der Waals surface area contributed by atoms with Crippen molar-refractivity contribution in [2.75, 3.05) is 23.9 Å².